The third-order valence-electron chi connectivity index (χ3n) is 0. The van der Waals surface area contributed by atoms with Crippen LogP contribution in [-0.2, 0) is 24.0 Å². The van der Waals surface area contributed by atoms with Crippen LogP contribution in [0.1, 0.15) is 1.43 Å². The Morgan fingerprint density at radius 1 is 1.18 bits per heavy atom. The molecule has 0 rings (SSSR count). The van der Waals surface area contributed by atoms with E-state index < -0.39 is 14.0 Å². The molecule has 0 saturated heterocycles. The van der Waals surface area contributed by atoms with Crippen LogP contribution in [0, 0.1) is 0 Å². The van der Waals surface area contributed by atoms with Crippen molar-refractivity contribution >= 4 is 14.0 Å². The molecule has 60 valence electrons. The Kier molecular flexibility index (Phi) is 21.7. The predicted octanol–water partition coefficient (Wildman–Crippen LogP) is -3.59. The summed E-state index contributed by atoms with van der Waals surface area (Å²) >= 11 is 0. The quantitative estimate of drug-likeness (QED) is 0.215. The second kappa shape index (κ2) is 10.6. The fourth-order valence-electron chi connectivity index (χ4n) is 0. The molecular weight excluding hydrogens is 227 g/mol. The standard InChI is InChI=1S/CH2O3.Li.H3O4P.Zn.H/c2-1(3)4;;1-5(2,3)4;;/h(H2,2,3,4);;(H3,1,2,3,4);;/q;+1;;;-1. The Hall–Kier alpha value is 0.601. The minimum Gasteiger partial charge on any atom is -1.00 e. The molecule has 7 nitrogen and oxygen atoms in total. The minimum absolute atomic E-state index is 0. The van der Waals surface area contributed by atoms with E-state index in [0.29, 0.717) is 0 Å². The first-order chi connectivity index (χ1) is 3.73. The molecule has 10 heteroatoms. The molecule has 5 N–H and O–H groups in total. The minimum atomic E-state index is -4.64. The van der Waals surface area contributed by atoms with E-state index >= 15 is 0 Å². The first-order valence-electron chi connectivity index (χ1n) is 1.43. The molecule has 0 atom stereocenters. The van der Waals surface area contributed by atoms with Crippen molar-refractivity contribution in [3.63, 3.8) is 0 Å². The molecule has 0 spiro atoms. The molecule has 0 saturated carbocycles. The van der Waals surface area contributed by atoms with E-state index in [1.807, 2.05) is 0 Å². The molecule has 0 aliphatic rings. The van der Waals surface area contributed by atoms with E-state index in [0.717, 1.165) is 0 Å². The van der Waals surface area contributed by atoms with Gasteiger partial charge in [0.2, 0.25) is 0 Å². The number of hydrogen-bond donors (Lipinski definition) is 5. The third kappa shape index (κ3) is 2170. The fourth-order valence-corrected chi connectivity index (χ4v) is 0. The van der Waals surface area contributed by atoms with Crippen LogP contribution in [0.3, 0.4) is 0 Å². The summed E-state index contributed by atoms with van der Waals surface area (Å²) in [6.07, 6.45) is -1.83. The van der Waals surface area contributed by atoms with E-state index in [-0.39, 0.29) is 39.8 Å². The van der Waals surface area contributed by atoms with Gasteiger partial charge in [-0.25, -0.2) is 9.36 Å². The van der Waals surface area contributed by atoms with Crippen molar-refractivity contribution in [2.75, 3.05) is 0 Å². The van der Waals surface area contributed by atoms with Crippen LogP contribution in [-0.4, -0.2) is 31.0 Å². The van der Waals surface area contributed by atoms with Gasteiger partial charge in [-0.3, -0.25) is 0 Å². The second-order valence-corrected chi connectivity index (χ2v) is 1.82. The van der Waals surface area contributed by atoms with Gasteiger partial charge < -0.3 is 26.3 Å². The molecule has 0 amide bonds. The van der Waals surface area contributed by atoms with Crippen molar-refractivity contribution in [2.45, 2.75) is 0 Å². The van der Waals surface area contributed by atoms with E-state index in [1.54, 1.807) is 0 Å². The van der Waals surface area contributed by atoms with Gasteiger partial charge >= 0.3 is 32.8 Å². The Morgan fingerprint density at radius 2 is 1.18 bits per heavy atom. The maximum atomic E-state index is 8.88. The molecule has 0 aromatic heterocycles. The van der Waals surface area contributed by atoms with Crippen molar-refractivity contribution in [1.82, 2.24) is 0 Å². The van der Waals surface area contributed by atoms with E-state index in [2.05, 4.69) is 0 Å². The maximum Gasteiger partial charge on any atom is 1.00 e. The SMILES string of the molecule is O=C(O)O.O=P(O)(O)O.[H-].[Li+].[Zn]. The summed E-state index contributed by atoms with van der Waals surface area (Å²) in [5, 5.41) is 13.9. The first kappa shape index (κ1) is 22.6. The number of hydrogen-bond acceptors (Lipinski definition) is 2. The topological polar surface area (TPSA) is 135 Å². The van der Waals surface area contributed by atoms with E-state index in [1.165, 1.54) is 0 Å². The number of phosphoric acid groups is 1. The Balaban J connectivity index is -0.0000000221. The molecule has 0 unspecified atom stereocenters. The molecule has 0 bridgehead atoms. The van der Waals surface area contributed by atoms with Crippen LogP contribution in [0.5, 0.6) is 0 Å². The Labute approximate surface area is 88.1 Å². The van der Waals surface area contributed by atoms with Gasteiger partial charge in [0.1, 0.15) is 0 Å². The maximum absolute atomic E-state index is 8.88. The summed E-state index contributed by atoms with van der Waals surface area (Å²) < 4.78 is 8.88. The number of carboxylic acid groups (broad SMARTS) is 2. The second-order valence-electron chi connectivity index (χ2n) is 0.796. The Morgan fingerprint density at radius 3 is 1.18 bits per heavy atom. The van der Waals surface area contributed by atoms with Crippen LogP contribution in [0.4, 0.5) is 4.79 Å². The summed E-state index contributed by atoms with van der Waals surface area (Å²) in [4.78, 5) is 30.1. The average molecular weight is 233 g/mol. The van der Waals surface area contributed by atoms with Crippen molar-refractivity contribution in [3.8, 4) is 0 Å². The van der Waals surface area contributed by atoms with Crippen LogP contribution in [0.25, 0.3) is 0 Å². The van der Waals surface area contributed by atoms with Crippen LogP contribution in [0.15, 0.2) is 0 Å². The van der Waals surface area contributed by atoms with Crippen LogP contribution < -0.4 is 18.9 Å². The van der Waals surface area contributed by atoms with Crippen LogP contribution >= 0.6 is 7.82 Å². The molecule has 0 aliphatic heterocycles. The predicted molar refractivity (Wildman–Crippen MR) is 26.0 cm³/mol. The summed E-state index contributed by atoms with van der Waals surface area (Å²) in [5.41, 5.74) is 0. The number of rotatable bonds is 0. The van der Waals surface area contributed by atoms with Crippen LogP contribution in [0.2, 0.25) is 0 Å². The fraction of sp³-hybridized carbons (Fsp3) is 0. The summed E-state index contributed by atoms with van der Waals surface area (Å²) in [6, 6.07) is 0. The zero-order valence-corrected chi connectivity index (χ0v) is 9.57. The molecule has 0 aromatic carbocycles. The van der Waals surface area contributed by atoms with Gasteiger partial charge in [-0.1, -0.05) is 0 Å². The molecule has 0 heterocycles. The summed E-state index contributed by atoms with van der Waals surface area (Å²) in [5.74, 6) is 0. The normalized spacial score (nSPS) is 7.55. The van der Waals surface area contributed by atoms with E-state index in [9.17, 15) is 0 Å². The zero-order valence-electron chi connectivity index (χ0n) is 6.71. The monoisotopic (exact) mass is 232 g/mol. The smallest absolute Gasteiger partial charge is 1.00 e. The molecular formula is CH6LiO7PZn. The van der Waals surface area contributed by atoms with Crippen molar-refractivity contribution in [3.05, 3.63) is 0 Å². The van der Waals surface area contributed by atoms with Gasteiger partial charge in [-0.15, -0.1) is 0 Å². The van der Waals surface area contributed by atoms with Gasteiger partial charge in [0.25, 0.3) is 0 Å². The van der Waals surface area contributed by atoms with Gasteiger partial charge in [0, 0.05) is 19.5 Å². The van der Waals surface area contributed by atoms with Crippen molar-refractivity contribution in [1.29, 1.82) is 0 Å². The van der Waals surface area contributed by atoms with Crippen molar-refractivity contribution in [2.24, 2.45) is 0 Å². The van der Waals surface area contributed by atoms with Gasteiger partial charge in [-0.2, -0.15) is 0 Å². The number of carbonyl (C=O) groups is 1. The van der Waals surface area contributed by atoms with Crippen molar-refractivity contribution < 1.29 is 74.0 Å². The molecule has 0 fully saturated rings. The van der Waals surface area contributed by atoms with Gasteiger partial charge in [0.05, 0.1) is 0 Å². The first-order valence-corrected chi connectivity index (χ1v) is 3.00. The zero-order chi connectivity index (χ0) is 8.08. The molecule has 0 aliphatic carbocycles. The third-order valence-corrected chi connectivity index (χ3v) is 0. The molecule has 0 radical (unpaired) electrons. The molecule has 11 heavy (non-hydrogen) atoms. The molecule has 0 aromatic rings. The summed E-state index contributed by atoms with van der Waals surface area (Å²) in [6.45, 7) is 0. The average Bonchev–Trinajstić information content (AvgIpc) is 1.19. The van der Waals surface area contributed by atoms with Gasteiger partial charge in [-0.05, 0) is 0 Å². The largest absolute Gasteiger partial charge is 1.00 e. The summed E-state index contributed by atoms with van der Waals surface area (Å²) in [7, 11) is -4.64. The van der Waals surface area contributed by atoms with Gasteiger partial charge in [0.15, 0.2) is 0 Å². The Bertz CT molecular complexity index is 123. The van der Waals surface area contributed by atoms with E-state index in [4.69, 9.17) is 34.3 Å².